The number of nitrogens with zero attached hydrogens (tertiary/aromatic N) is 2. The van der Waals surface area contributed by atoms with Gasteiger partial charge < -0.3 is 9.47 Å². The van der Waals surface area contributed by atoms with Crippen molar-refractivity contribution in [2.45, 2.75) is 0 Å². The van der Waals surface area contributed by atoms with Crippen LogP contribution in [0.25, 0.3) is 0 Å². The molecule has 131 valence electrons. The van der Waals surface area contributed by atoms with Gasteiger partial charge in [0.2, 0.25) is 12.2 Å². The second kappa shape index (κ2) is 7.18. The number of carbonyl (C=O) groups excluding carboxylic acids is 1. The van der Waals surface area contributed by atoms with E-state index >= 15 is 0 Å². The van der Waals surface area contributed by atoms with Gasteiger partial charge in [-0.15, -0.1) is 0 Å². The van der Waals surface area contributed by atoms with Crippen LogP contribution in [-0.4, -0.2) is 16.3 Å². The number of aromatic nitrogens is 2. The van der Waals surface area contributed by atoms with Gasteiger partial charge in [-0.25, -0.2) is 22.5 Å². The molecular weight excluding hydrogens is 356 g/mol. The van der Waals surface area contributed by atoms with E-state index in [1.54, 1.807) is 0 Å². The predicted molar refractivity (Wildman–Crippen MR) is 79.7 cm³/mol. The van der Waals surface area contributed by atoms with Gasteiger partial charge in [-0.3, -0.25) is 4.79 Å². The van der Waals surface area contributed by atoms with Gasteiger partial charge in [0.1, 0.15) is 17.2 Å². The van der Waals surface area contributed by atoms with Crippen molar-refractivity contribution in [3.05, 3.63) is 71.4 Å². The van der Waals surface area contributed by atoms with Crippen LogP contribution in [0, 0.1) is 23.3 Å². The first-order valence-electron chi connectivity index (χ1n) is 6.97. The number of halogens is 4. The summed E-state index contributed by atoms with van der Waals surface area (Å²) < 4.78 is 63.3. The minimum absolute atomic E-state index is 0.277. The van der Waals surface area contributed by atoms with Crippen molar-refractivity contribution < 1.29 is 31.8 Å². The van der Waals surface area contributed by atoms with Crippen molar-refractivity contribution in [1.29, 1.82) is 0 Å². The molecule has 0 saturated heterocycles. The normalized spacial score (nSPS) is 10.5. The van der Waals surface area contributed by atoms with Gasteiger partial charge in [0.25, 0.3) is 0 Å². The fraction of sp³-hybridized carbons (Fsp3) is 0. The average Bonchev–Trinajstić information content (AvgIpc) is 2.60. The van der Waals surface area contributed by atoms with Crippen LogP contribution in [0.2, 0.25) is 0 Å². The Hall–Kier alpha value is -3.49. The number of hydrogen-bond donors (Lipinski definition) is 0. The molecule has 1 heterocycles. The number of benzene rings is 2. The lowest BCUT2D eigenvalue weighted by Crippen LogP contribution is -2.01. The molecule has 0 spiro atoms. The zero-order chi connectivity index (χ0) is 18.7. The Balaban J connectivity index is 1.92. The van der Waals surface area contributed by atoms with E-state index in [0.717, 1.165) is 30.5 Å². The highest BCUT2D eigenvalue weighted by Crippen LogP contribution is 2.28. The molecule has 0 aliphatic carbocycles. The molecule has 0 amide bonds. The van der Waals surface area contributed by atoms with Crippen LogP contribution < -0.4 is 9.47 Å². The molecule has 26 heavy (non-hydrogen) atoms. The van der Waals surface area contributed by atoms with Gasteiger partial charge in [0, 0.05) is 18.3 Å². The van der Waals surface area contributed by atoms with E-state index in [-0.39, 0.29) is 11.3 Å². The Morgan fingerprint density at radius 1 is 0.846 bits per heavy atom. The first-order valence-corrected chi connectivity index (χ1v) is 6.97. The molecule has 0 fully saturated rings. The van der Waals surface area contributed by atoms with E-state index in [1.165, 1.54) is 6.29 Å². The maximum atomic E-state index is 13.7. The third kappa shape index (κ3) is 3.77. The summed E-state index contributed by atoms with van der Waals surface area (Å²) >= 11 is 0. The fourth-order valence-corrected chi connectivity index (χ4v) is 1.87. The summed E-state index contributed by atoms with van der Waals surface area (Å²) in [5.74, 6) is -4.92. The third-order valence-electron chi connectivity index (χ3n) is 3.04. The molecule has 0 saturated carbocycles. The fourth-order valence-electron chi connectivity index (χ4n) is 1.87. The molecular formula is C17H7F4N2O3. The molecule has 0 aliphatic rings. The molecule has 1 aromatic heterocycles. The lowest BCUT2D eigenvalue weighted by Gasteiger charge is -2.09. The van der Waals surface area contributed by atoms with Crippen molar-refractivity contribution in [2.75, 3.05) is 0 Å². The number of ether oxygens (including phenoxy) is 2. The minimum Gasteiger partial charge on any atom is -0.435 e. The zero-order valence-electron chi connectivity index (χ0n) is 12.7. The van der Waals surface area contributed by atoms with E-state index in [2.05, 4.69) is 9.97 Å². The molecule has 0 bridgehead atoms. The van der Waals surface area contributed by atoms with Crippen molar-refractivity contribution in [2.24, 2.45) is 0 Å². The van der Waals surface area contributed by atoms with Crippen LogP contribution in [0.3, 0.4) is 0 Å². The summed E-state index contributed by atoms with van der Waals surface area (Å²) in [6, 6.07) is 4.61. The largest absolute Gasteiger partial charge is 0.435 e. The zero-order valence-corrected chi connectivity index (χ0v) is 12.7. The first-order chi connectivity index (χ1) is 12.5. The van der Waals surface area contributed by atoms with E-state index < -0.39 is 40.9 Å². The topological polar surface area (TPSA) is 61.3 Å². The monoisotopic (exact) mass is 363 g/mol. The van der Waals surface area contributed by atoms with E-state index in [9.17, 15) is 22.4 Å². The summed E-state index contributed by atoms with van der Waals surface area (Å²) in [7, 11) is 0. The molecule has 1 radical (unpaired) electrons. The molecule has 3 aromatic rings. The van der Waals surface area contributed by atoms with Crippen LogP contribution in [0.15, 0.2) is 42.6 Å². The van der Waals surface area contributed by atoms with Gasteiger partial charge in [-0.05, 0) is 24.3 Å². The highest BCUT2D eigenvalue weighted by Gasteiger charge is 2.15. The first kappa shape index (κ1) is 17.3. The summed E-state index contributed by atoms with van der Waals surface area (Å²) in [5, 5.41) is 0. The van der Waals surface area contributed by atoms with E-state index in [4.69, 9.17) is 9.47 Å². The van der Waals surface area contributed by atoms with Crippen LogP contribution in [0.4, 0.5) is 17.6 Å². The Bertz CT molecular complexity index is 982. The van der Waals surface area contributed by atoms with Crippen molar-refractivity contribution >= 4 is 6.29 Å². The quantitative estimate of drug-likeness (QED) is 0.640. The summed E-state index contributed by atoms with van der Waals surface area (Å²) in [5.41, 5.74) is -0.277. The molecule has 0 N–H and O–H groups in total. The smallest absolute Gasteiger partial charge is 0.325 e. The lowest BCUT2D eigenvalue weighted by molar-refractivity contribution is 0.382. The Labute approximate surface area is 143 Å². The summed E-state index contributed by atoms with van der Waals surface area (Å²) in [6.45, 7) is 0. The maximum absolute atomic E-state index is 13.7. The van der Waals surface area contributed by atoms with Gasteiger partial charge in [-0.2, -0.15) is 4.98 Å². The van der Waals surface area contributed by atoms with Gasteiger partial charge in [-0.1, -0.05) is 0 Å². The molecule has 2 aromatic carbocycles. The average molecular weight is 363 g/mol. The van der Waals surface area contributed by atoms with Gasteiger partial charge in [0.05, 0.1) is 0 Å². The SMILES string of the molecule is O=[C]c1cnc(Oc2ccc(F)cc2F)nc1Oc1ccc(F)cc1F. The molecule has 3 rings (SSSR count). The highest BCUT2D eigenvalue weighted by molar-refractivity contribution is 5.78. The second-order valence-electron chi connectivity index (χ2n) is 4.83. The summed E-state index contributed by atoms with van der Waals surface area (Å²) in [6.07, 6.45) is 2.43. The Kier molecular flexibility index (Phi) is 4.78. The highest BCUT2D eigenvalue weighted by atomic mass is 19.1. The predicted octanol–water partition coefficient (Wildman–Crippen LogP) is 4.08. The molecule has 0 aliphatic heterocycles. The maximum Gasteiger partial charge on any atom is 0.325 e. The Morgan fingerprint density at radius 3 is 1.96 bits per heavy atom. The molecule has 5 nitrogen and oxygen atoms in total. The summed E-state index contributed by atoms with van der Waals surface area (Å²) in [4.78, 5) is 18.3. The van der Waals surface area contributed by atoms with Crippen LogP contribution >= 0.6 is 0 Å². The van der Waals surface area contributed by atoms with Crippen LogP contribution in [0.5, 0.6) is 23.4 Å². The van der Waals surface area contributed by atoms with E-state index in [1.807, 2.05) is 0 Å². The molecule has 0 unspecified atom stereocenters. The third-order valence-corrected chi connectivity index (χ3v) is 3.04. The molecule has 9 heteroatoms. The van der Waals surface area contributed by atoms with Crippen LogP contribution in [0.1, 0.15) is 5.56 Å². The van der Waals surface area contributed by atoms with Gasteiger partial charge in [0.15, 0.2) is 23.1 Å². The van der Waals surface area contributed by atoms with Gasteiger partial charge >= 0.3 is 6.01 Å². The number of hydrogen-bond acceptors (Lipinski definition) is 5. The van der Waals surface area contributed by atoms with E-state index in [0.29, 0.717) is 12.1 Å². The van der Waals surface area contributed by atoms with Crippen molar-refractivity contribution in [3.63, 3.8) is 0 Å². The lowest BCUT2D eigenvalue weighted by atomic mass is 10.3. The van der Waals surface area contributed by atoms with Crippen LogP contribution in [-0.2, 0) is 4.79 Å². The minimum atomic E-state index is -1.03. The standard InChI is InChI=1S/C17H7F4N2O3/c18-10-1-3-14(12(20)5-10)25-16-9(8-24)7-22-17(23-16)26-15-4-2-11(19)6-13(15)21/h1-7H. The second-order valence-corrected chi connectivity index (χ2v) is 4.83. The van der Waals surface area contributed by atoms with Crippen molar-refractivity contribution in [3.8, 4) is 23.4 Å². The Morgan fingerprint density at radius 2 is 1.42 bits per heavy atom. The number of rotatable bonds is 5. The van der Waals surface area contributed by atoms with Crippen molar-refractivity contribution in [1.82, 2.24) is 9.97 Å². The molecule has 0 atom stereocenters.